The molecule has 1 unspecified atom stereocenters. The number of carbonyl (C=O) groups is 1. The van der Waals surface area contributed by atoms with E-state index in [2.05, 4.69) is 11.6 Å². The molecule has 0 saturated carbocycles. The smallest absolute Gasteiger partial charge is 0.310 e. The summed E-state index contributed by atoms with van der Waals surface area (Å²) in [5.74, 6) is 0.350. The largest absolute Gasteiger partial charge is 0.489 e. The summed E-state index contributed by atoms with van der Waals surface area (Å²) in [5, 5.41) is 0. The standard InChI is InChI=1S/C21H29NO5/c1-6-16(10-20(23)27-21(3,4)5)9-17-11-18(12-22-15(17)2)26-14-19-13-24-7-8-25-19/h6,9,11-12,19H,1,7-8,10,13-14H2,2-5H3/b16-9+. The summed E-state index contributed by atoms with van der Waals surface area (Å²) in [6, 6.07) is 1.89. The lowest BCUT2D eigenvalue weighted by Gasteiger charge is -2.23. The zero-order valence-corrected chi connectivity index (χ0v) is 16.6. The van der Waals surface area contributed by atoms with E-state index in [9.17, 15) is 4.79 Å². The molecule has 2 heterocycles. The first-order chi connectivity index (χ1) is 12.8. The maximum Gasteiger partial charge on any atom is 0.310 e. The van der Waals surface area contributed by atoms with Crippen LogP contribution in [0.1, 0.15) is 38.4 Å². The van der Waals surface area contributed by atoms with Gasteiger partial charge in [-0.2, -0.15) is 0 Å². The van der Waals surface area contributed by atoms with Gasteiger partial charge in [0.05, 0.1) is 32.4 Å². The molecule has 148 valence electrons. The Balaban J connectivity index is 2.05. The number of aryl methyl sites for hydroxylation is 1. The van der Waals surface area contributed by atoms with E-state index < -0.39 is 5.60 Å². The van der Waals surface area contributed by atoms with Gasteiger partial charge >= 0.3 is 5.97 Å². The zero-order chi connectivity index (χ0) is 19.9. The molecule has 1 saturated heterocycles. The molecular formula is C21H29NO5. The number of rotatable bonds is 7. The van der Waals surface area contributed by atoms with Gasteiger partial charge in [-0.1, -0.05) is 12.7 Å². The summed E-state index contributed by atoms with van der Waals surface area (Å²) >= 11 is 0. The highest BCUT2D eigenvalue weighted by atomic mass is 16.6. The summed E-state index contributed by atoms with van der Waals surface area (Å²) in [7, 11) is 0. The topological polar surface area (TPSA) is 66.9 Å². The molecule has 1 aliphatic rings. The Morgan fingerprint density at radius 1 is 1.41 bits per heavy atom. The van der Waals surface area contributed by atoms with E-state index in [1.165, 1.54) is 0 Å². The van der Waals surface area contributed by atoms with Crippen LogP contribution in [0, 0.1) is 6.92 Å². The van der Waals surface area contributed by atoms with Gasteiger partial charge in [0.25, 0.3) is 0 Å². The van der Waals surface area contributed by atoms with Crippen molar-refractivity contribution < 1.29 is 23.7 Å². The predicted octanol–water partition coefficient (Wildman–Crippen LogP) is 3.49. The van der Waals surface area contributed by atoms with Gasteiger partial charge in [-0.05, 0) is 51.0 Å². The summed E-state index contributed by atoms with van der Waals surface area (Å²) in [5.41, 5.74) is 1.95. The Bertz CT molecular complexity index is 684. The molecule has 0 bridgehead atoms. The molecule has 0 radical (unpaired) electrons. The number of pyridine rings is 1. The molecule has 0 N–H and O–H groups in total. The molecule has 1 fully saturated rings. The summed E-state index contributed by atoms with van der Waals surface area (Å²) in [4.78, 5) is 16.4. The molecule has 0 spiro atoms. The van der Waals surface area contributed by atoms with Crippen LogP contribution in [-0.4, -0.2) is 49.1 Å². The van der Waals surface area contributed by atoms with Gasteiger partial charge in [-0.3, -0.25) is 9.78 Å². The molecule has 6 nitrogen and oxygen atoms in total. The van der Waals surface area contributed by atoms with Gasteiger partial charge in [0.15, 0.2) is 0 Å². The lowest BCUT2D eigenvalue weighted by Crippen LogP contribution is -2.33. The Morgan fingerprint density at radius 3 is 2.81 bits per heavy atom. The summed E-state index contributed by atoms with van der Waals surface area (Å²) in [6.07, 6.45) is 5.29. The van der Waals surface area contributed by atoms with E-state index in [0.717, 1.165) is 16.8 Å². The van der Waals surface area contributed by atoms with Crippen LogP contribution in [-0.2, 0) is 19.0 Å². The van der Waals surface area contributed by atoms with Gasteiger partial charge in [-0.15, -0.1) is 0 Å². The molecule has 27 heavy (non-hydrogen) atoms. The molecular weight excluding hydrogens is 346 g/mol. The van der Waals surface area contributed by atoms with Crippen LogP contribution in [0.4, 0.5) is 0 Å². The summed E-state index contributed by atoms with van der Waals surface area (Å²) < 4.78 is 22.1. The highest BCUT2D eigenvalue weighted by molar-refractivity contribution is 5.76. The van der Waals surface area contributed by atoms with Crippen LogP contribution >= 0.6 is 0 Å². The minimum atomic E-state index is -0.514. The van der Waals surface area contributed by atoms with E-state index in [-0.39, 0.29) is 18.5 Å². The van der Waals surface area contributed by atoms with Crippen molar-refractivity contribution in [2.75, 3.05) is 26.4 Å². The van der Waals surface area contributed by atoms with Crippen molar-refractivity contribution in [2.24, 2.45) is 0 Å². The zero-order valence-electron chi connectivity index (χ0n) is 16.6. The van der Waals surface area contributed by atoms with Crippen molar-refractivity contribution in [1.29, 1.82) is 0 Å². The summed E-state index contributed by atoms with van der Waals surface area (Å²) in [6.45, 7) is 13.4. The Kier molecular flexibility index (Phi) is 7.56. The number of allylic oxidation sites excluding steroid dienone is 1. The third kappa shape index (κ3) is 7.53. The molecule has 2 rings (SSSR count). The lowest BCUT2D eigenvalue weighted by atomic mass is 10.1. The van der Waals surface area contributed by atoms with Crippen molar-refractivity contribution in [3.05, 3.63) is 41.7 Å². The SMILES string of the molecule is C=C/C(=C\c1cc(OCC2COCCO2)cnc1C)CC(=O)OC(C)(C)C. The maximum absolute atomic E-state index is 12.1. The van der Waals surface area contributed by atoms with Gasteiger partial charge in [0.1, 0.15) is 24.1 Å². The number of nitrogens with zero attached hydrogens (tertiary/aromatic N) is 1. The number of ether oxygens (including phenoxy) is 4. The maximum atomic E-state index is 12.1. The van der Waals surface area contributed by atoms with Crippen molar-refractivity contribution >= 4 is 12.0 Å². The van der Waals surface area contributed by atoms with Crippen LogP contribution in [0.15, 0.2) is 30.5 Å². The monoisotopic (exact) mass is 375 g/mol. The third-order valence-corrected chi connectivity index (χ3v) is 3.79. The molecule has 1 aromatic heterocycles. The number of aromatic nitrogens is 1. The molecule has 0 amide bonds. The minimum absolute atomic E-state index is 0.0741. The number of hydrogen-bond acceptors (Lipinski definition) is 6. The first-order valence-electron chi connectivity index (χ1n) is 9.10. The fourth-order valence-electron chi connectivity index (χ4n) is 2.50. The molecule has 1 atom stereocenters. The van der Waals surface area contributed by atoms with Gasteiger partial charge < -0.3 is 18.9 Å². The number of esters is 1. The second-order valence-corrected chi connectivity index (χ2v) is 7.41. The second kappa shape index (κ2) is 9.67. The van der Waals surface area contributed by atoms with E-state index in [4.69, 9.17) is 18.9 Å². The first-order valence-corrected chi connectivity index (χ1v) is 9.10. The van der Waals surface area contributed by atoms with Crippen molar-refractivity contribution in [2.45, 2.75) is 45.8 Å². The van der Waals surface area contributed by atoms with Gasteiger partial charge in [0, 0.05) is 5.69 Å². The lowest BCUT2D eigenvalue weighted by molar-refractivity contribution is -0.153. The van der Waals surface area contributed by atoms with E-state index in [1.54, 1.807) is 12.3 Å². The van der Waals surface area contributed by atoms with Crippen LogP contribution in [0.5, 0.6) is 5.75 Å². The average molecular weight is 375 g/mol. The van der Waals surface area contributed by atoms with Crippen LogP contribution < -0.4 is 4.74 Å². The van der Waals surface area contributed by atoms with E-state index >= 15 is 0 Å². The fraction of sp³-hybridized carbons (Fsp3) is 0.524. The Hall–Kier alpha value is -2.18. The fourth-order valence-corrected chi connectivity index (χ4v) is 2.50. The first kappa shape index (κ1) is 21.1. The van der Waals surface area contributed by atoms with Crippen LogP contribution in [0.3, 0.4) is 0 Å². The van der Waals surface area contributed by atoms with Crippen LogP contribution in [0.25, 0.3) is 6.08 Å². The molecule has 1 aliphatic heterocycles. The van der Waals surface area contributed by atoms with Gasteiger partial charge in [0.2, 0.25) is 0 Å². The van der Waals surface area contributed by atoms with Crippen molar-refractivity contribution in [3.63, 3.8) is 0 Å². The normalized spacial score (nSPS) is 18.1. The molecule has 0 aromatic carbocycles. The third-order valence-electron chi connectivity index (χ3n) is 3.79. The average Bonchev–Trinajstić information content (AvgIpc) is 2.61. The second-order valence-electron chi connectivity index (χ2n) is 7.41. The Labute approximate surface area is 161 Å². The van der Waals surface area contributed by atoms with Crippen molar-refractivity contribution in [1.82, 2.24) is 4.98 Å². The number of carbonyl (C=O) groups excluding carboxylic acids is 1. The van der Waals surface area contributed by atoms with E-state index in [1.807, 2.05) is 39.8 Å². The van der Waals surface area contributed by atoms with Crippen molar-refractivity contribution in [3.8, 4) is 5.75 Å². The molecule has 1 aromatic rings. The van der Waals surface area contributed by atoms with Gasteiger partial charge in [-0.25, -0.2) is 0 Å². The molecule has 6 heteroatoms. The van der Waals surface area contributed by atoms with E-state index in [0.29, 0.717) is 32.2 Å². The Morgan fingerprint density at radius 2 is 2.19 bits per heavy atom. The predicted molar refractivity (Wildman–Crippen MR) is 104 cm³/mol. The number of hydrogen-bond donors (Lipinski definition) is 0. The highest BCUT2D eigenvalue weighted by Crippen LogP contribution is 2.21. The quantitative estimate of drug-likeness (QED) is 0.537. The minimum Gasteiger partial charge on any atom is -0.489 e. The highest BCUT2D eigenvalue weighted by Gasteiger charge is 2.17. The van der Waals surface area contributed by atoms with Crippen LogP contribution in [0.2, 0.25) is 0 Å². The molecule has 0 aliphatic carbocycles.